The lowest BCUT2D eigenvalue weighted by molar-refractivity contribution is 0.373. The lowest BCUT2D eigenvalue weighted by Crippen LogP contribution is -2.36. The molecule has 0 amide bonds. The second-order valence-electron chi connectivity index (χ2n) is 4.60. The third kappa shape index (κ3) is 2.63. The Bertz CT molecular complexity index is 159. The van der Waals surface area contributed by atoms with Gasteiger partial charge in [-0.1, -0.05) is 19.3 Å². The Balaban J connectivity index is 1.66. The minimum atomic E-state index is 0.650. The highest BCUT2D eigenvalue weighted by Gasteiger charge is 2.41. The molecule has 2 heteroatoms. The van der Waals surface area contributed by atoms with Gasteiger partial charge in [-0.25, -0.2) is 0 Å². The quantitative estimate of drug-likeness (QED) is 0.747. The van der Waals surface area contributed by atoms with E-state index in [2.05, 4.69) is 23.3 Å². The molecule has 0 saturated heterocycles. The number of rotatable bonds is 4. The van der Waals surface area contributed by atoms with E-state index in [0.29, 0.717) is 4.75 Å². The molecule has 0 bridgehead atoms. The van der Waals surface area contributed by atoms with Gasteiger partial charge in [-0.2, -0.15) is 11.8 Å². The molecule has 2 aliphatic carbocycles. The average molecular weight is 199 g/mol. The molecule has 0 aromatic rings. The predicted octanol–water partition coefficient (Wildman–Crippen LogP) is 2.80. The highest BCUT2D eigenvalue weighted by Crippen LogP contribution is 2.46. The van der Waals surface area contributed by atoms with Crippen LogP contribution in [-0.4, -0.2) is 23.6 Å². The first-order chi connectivity index (χ1) is 6.35. The Morgan fingerprint density at radius 3 is 2.46 bits per heavy atom. The van der Waals surface area contributed by atoms with E-state index in [0.717, 1.165) is 6.04 Å². The first kappa shape index (κ1) is 9.85. The van der Waals surface area contributed by atoms with Gasteiger partial charge in [-0.3, -0.25) is 0 Å². The van der Waals surface area contributed by atoms with Gasteiger partial charge < -0.3 is 5.32 Å². The third-order valence-electron chi connectivity index (χ3n) is 3.56. The van der Waals surface area contributed by atoms with Crippen molar-refractivity contribution in [1.29, 1.82) is 0 Å². The lowest BCUT2D eigenvalue weighted by atomic mass is 9.95. The van der Waals surface area contributed by atoms with Gasteiger partial charge in [0.2, 0.25) is 0 Å². The molecule has 0 aromatic carbocycles. The van der Waals surface area contributed by atoms with Crippen LogP contribution in [0.2, 0.25) is 0 Å². The Hall–Kier alpha value is 0.310. The van der Waals surface area contributed by atoms with Crippen LogP contribution in [-0.2, 0) is 0 Å². The van der Waals surface area contributed by atoms with Crippen molar-refractivity contribution in [3.8, 4) is 0 Å². The highest BCUT2D eigenvalue weighted by atomic mass is 32.2. The van der Waals surface area contributed by atoms with E-state index in [9.17, 15) is 0 Å². The second kappa shape index (κ2) is 4.22. The lowest BCUT2D eigenvalue weighted by Gasteiger charge is -2.25. The summed E-state index contributed by atoms with van der Waals surface area (Å²) in [4.78, 5) is 0. The fourth-order valence-corrected chi connectivity index (χ4v) is 2.97. The summed E-state index contributed by atoms with van der Waals surface area (Å²) in [5, 5.41) is 3.75. The molecular formula is C11H21NS. The molecule has 0 heterocycles. The zero-order chi connectivity index (χ0) is 9.15. The Labute approximate surface area is 86.0 Å². The summed E-state index contributed by atoms with van der Waals surface area (Å²) in [6, 6.07) is 0.846. The summed E-state index contributed by atoms with van der Waals surface area (Å²) in [5.41, 5.74) is 0. The van der Waals surface area contributed by atoms with E-state index in [-0.39, 0.29) is 0 Å². The van der Waals surface area contributed by atoms with Crippen LogP contribution in [0.3, 0.4) is 0 Å². The summed E-state index contributed by atoms with van der Waals surface area (Å²) in [5.74, 6) is 0. The topological polar surface area (TPSA) is 12.0 Å². The van der Waals surface area contributed by atoms with Gasteiger partial charge in [0.05, 0.1) is 0 Å². The van der Waals surface area contributed by atoms with Crippen LogP contribution >= 0.6 is 11.8 Å². The molecule has 1 N–H and O–H groups in total. The summed E-state index contributed by atoms with van der Waals surface area (Å²) >= 11 is 2.06. The molecule has 0 aliphatic heterocycles. The SMILES string of the molecule is CSC1(CNC2CCCCC2)CC1. The highest BCUT2D eigenvalue weighted by molar-refractivity contribution is 8.00. The molecule has 2 saturated carbocycles. The fraction of sp³-hybridized carbons (Fsp3) is 1.00. The van der Waals surface area contributed by atoms with Crippen molar-refractivity contribution in [2.45, 2.75) is 55.7 Å². The van der Waals surface area contributed by atoms with Crippen LogP contribution in [0, 0.1) is 0 Å². The maximum atomic E-state index is 3.75. The number of nitrogens with one attached hydrogen (secondary N) is 1. The molecule has 0 radical (unpaired) electrons. The van der Waals surface area contributed by atoms with E-state index in [1.165, 1.54) is 51.5 Å². The maximum absolute atomic E-state index is 3.75. The van der Waals surface area contributed by atoms with Crippen molar-refractivity contribution >= 4 is 11.8 Å². The minimum absolute atomic E-state index is 0.650. The van der Waals surface area contributed by atoms with E-state index in [1.54, 1.807) is 0 Å². The maximum Gasteiger partial charge on any atom is 0.0282 e. The van der Waals surface area contributed by atoms with E-state index in [4.69, 9.17) is 0 Å². The van der Waals surface area contributed by atoms with Crippen LogP contribution in [0.1, 0.15) is 44.9 Å². The number of thioether (sulfide) groups is 1. The van der Waals surface area contributed by atoms with Crippen molar-refractivity contribution in [1.82, 2.24) is 5.32 Å². The first-order valence-corrected chi connectivity index (χ1v) is 6.86. The summed E-state index contributed by atoms with van der Waals surface area (Å²) in [7, 11) is 0. The molecule has 2 rings (SSSR count). The fourth-order valence-electron chi connectivity index (χ4n) is 2.23. The molecule has 2 aliphatic rings. The van der Waals surface area contributed by atoms with Gasteiger partial charge in [0.1, 0.15) is 0 Å². The zero-order valence-electron chi connectivity index (χ0n) is 8.64. The smallest absolute Gasteiger partial charge is 0.0282 e. The van der Waals surface area contributed by atoms with Gasteiger partial charge in [0.25, 0.3) is 0 Å². The Morgan fingerprint density at radius 1 is 1.23 bits per heavy atom. The van der Waals surface area contributed by atoms with Crippen LogP contribution < -0.4 is 5.32 Å². The van der Waals surface area contributed by atoms with Crippen LogP contribution in [0.5, 0.6) is 0 Å². The van der Waals surface area contributed by atoms with E-state index < -0.39 is 0 Å². The van der Waals surface area contributed by atoms with Crippen LogP contribution in [0.25, 0.3) is 0 Å². The second-order valence-corrected chi connectivity index (χ2v) is 5.88. The first-order valence-electron chi connectivity index (χ1n) is 5.63. The normalized spacial score (nSPS) is 27.5. The molecule has 2 fully saturated rings. The van der Waals surface area contributed by atoms with Gasteiger partial charge >= 0.3 is 0 Å². The molecule has 0 unspecified atom stereocenters. The van der Waals surface area contributed by atoms with Crippen molar-refractivity contribution in [3.63, 3.8) is 0 Å². The molecule has 0 spiro atoms. The molecule has 0 atom stereocenters. The van der Waals surface area contributed by atoms with Gasteiger partial charge in [0.15, 0.2) is 0 Å². The Kier molecular flexibility index (Phi) is 3.20. The van der Waals surface area contributed by atoms with Crippen molar-refractivity contribution < 1.29 is 0 Å². The predicted molar refractivity (Wildman–Crippen MR) is 60.4 cm³/mol. The van der Waals surface area contributed by atoms with Crippen molar-refractivity contribution in [2.24, 2.45) is 0 Å². The van der Waals surface area contributed by atoms with Crippen LogP contribution in [0.4, 0.5) is 0 Å². The minimum Gasteiger partial charge on any atom is -0.313 e. The van der Waals surface area contributed by atoms with Gasteiger partial charge in [-0.15, -0.1) is 0 Å². The van der Waals surface area contributed by atoms with E-state index in [1.807, 2.05) is 0 Å². The van der Waals surface area contributed by atoms with Crippen molar-refractivity contribution in [3.05, 3.63) is 0 Å². The summed E-state index contributed by atoms with van der Waals surface area (Å²) in [6.07, 6.45) is 12.3. The number of hydrogen-bond donors (Lipinski definition) is 1. The van der Waals surface area contributed by atoms with Gasteiger partial charge in [0, 0.05) is 17.3 Å². The molecule has 13 heavy (non-hydrogen) atoms. The number of hydrogen-bond acceptors (Lipinski definition) is 2. The monoisotopic (exact) mass is 199 g/mol. The van der Waals surface area contributed by atoms with Crippen LogP contribution in [0.15, 0.2) is 0 Å². The Morgan fingerprint density at radius 2 is 1.92 bits per heavy atom. The summed E-state index contributed by atoms with van der Waals surface area (Å²) in [6.45, 7) is 1.26. The molecule has 0 aromatic heterocycles. The largest absolute Gasteiger partial charge is 0.313 e. The standard InChI is InChI=1S/C11H21NS/c1-13-11(7-8-11)9-12-10-5-3-2-4-6-10/h10,12H,2-9H2,1H3. The third-order valence-corrected chi connectivity index (χ3v) is 4.98. The van der Waals surface area contributed by atoms with Gasteiger partial charge in [-0.05, 0) is 31.9 Å². The molecule has 76 valence electrons. The molecule has 1 nitrogen and oxygen atoms in total. The average Bonchev–Trinajstić information content (AvgIpc) is 2.97. The summed E-state index contributed by atoms with van der Waals surface area (Å²) < 4.78 is 0.650. The van der Waals surface area contributed by atoms with E-state index >= 15 is 0 Å². The van der Waals surface area contributed by atoms with Crippen molar-refractivity contribution in [2.75, 3.05) is 12.8 Å². The molecular weight excluding hydrogens is 178 g/mol. The zero-order valence-corrected chi connectivity index (χ0v) is 9.46.